The molecule has 1 aromatic heterocycles. The molecule has 0 N–H and O–H groups in total. The lowest BCUT2D eigenvalue weighted by Crippen LogP contribution is -2.42. The first-order valence-electron chi connectivity index (χ1n) is 9.28. The molecule has 0 aliphatic carbocycles. The lowest BCUT2D eigenvalue weighted by atomic mass is 10.00. The number of aromatic nitrogens is 2. The maximum absolute atomic E-state index is 12.4. The fourth-order valence-electron chi connectivity index (χ4n) is 3.33. The Kier molecular flexibility index (Phi) is 5.07. The average Bonchev–Trinajstić information content (AvgIpc) is 3.21. The minimum absolute atomic E-state index is 0.00758. The van der Waals surface area contributed by atoms with Crippen molar-refractivity contribution in [2.75, 3.05) is 32.9 Å². The molecule has 6 heteroatoms. The number of rotatable bonds is 5. The molecule has 2 aromatic carbocycles. The van der Waals surface area contributed by atoms with E-state index < -0.39 is 0 Å². The van der Waals surface area contributed by atoms with E-state index in [1.807, 2.05) is 41.3 Å². The highest BCUT2D eigenvalue weighted by molar-refractivity contribution is 5.97. The van der Waals surface area contributed by atoms with E-state index in [0.717, 1.165) is 28.4 Å². The molecule has 1 fully saturated rings. The minimum atomic E-state index is -0.00758. The van der Waals surface area contributed by atoms with Gasteiger partial charge in [0.15, 0.2) is 6.61 Å². The molecule has 140 valence electrons. The zero-order valence-corrected chi connectivity index (χ0v) is 15.4. The van der Waals surface area contributed by atoms with Crippen molar-refractivity contribution in [3.63, 3.8) is 0 Å². The fourth-order valence-corrected chi connectivity index (χ4v) is 3.33. The zero-order valence-electron chi connectivity index (χ0n) is 15.4. The summed E-state index contributed by atoms with van der Waals surface area (Å²) in [6.45, 7) is 5.35. The van der Waals surface area contributed by atoms with Crippen LogP contribution in [-0.4, -0.2) is 53.5 Å². The maximum Gasteiger partial charge on any atom is 0.260 e. The molecule has 0 unspecified atom stereocenters. The predicted molar refractivity (Wildman–Crippen MR) is 104 cm³/mol. The Morgan fingerprint density at radius 2 is 2.04 bits per heavy atom. The topological polar surface area (TPSA) is 56.6 Å². The van der Waals surface area contributed by atoms with Gasteiger partial charge in [-0.1, -0.05) is 24.3 Å². The van der Waals surface area contributed by atoms with Crippen LogP contribution >= 0.6 is 0 Å². The van der Waals surface area contributed by atoms with Crippen molar-refractivity contribution in [1.29, 1.82) is 0 Å². The molecule has 27 heavy (non-hydrogen) atoms. The van der Waals surface area contributed by atoms with Gasteiger partial charge >= 0.3 is 0 Å². The molecule has 1 aliphatic heterocycles. The number of amides is 1. The number of nitrogens with zero attached hydrogens (tertiary/aromatic N) is 3. The summed E-state index contributed by atoms with van der Waals surface area (Å²) in [5.41, 5.74) is 2.10. The van der Waals surface area contributed by atoms with Crippen LogP contribution in [0.15, 0.2) is 48.8 Å². The van der Waals surface area contributed by atoms with Crippen LogP contribution in [0.1, 0.15) is 6.92 Å². The molecule has 0 spiro atoms. The van der Waals surface area contributed by atoms with Crippen molar-refractivity contribution in [2.45, 2.75) is 13.5 Å². The molecular weight excluding hydrogens is 342 g/mol. The fraction of sp³-hybridized carbons (Fsp3) is 0.333. The summed E-state index contributed by atoms with van der Waals surface area (Å²) in [7, 11) is 0. The van der Waals surface area contributed by atoms with Crippen LogP contribution in [0.4, 0.5) is 0 Å². The van der Waals surface area contributed by atoms with Crippen molar-refractivity contribution in [3.05, 3.63) is 48.8 Å². The van der Waals surface area contributed by atoms with E-state index in [-0.39, 0.29) is 12.5 Å². The Morgan fingerprint density at radius 3 is 2.81 bits per heavy atom. The second-order valence-electron chi connectivity index (χ2n) is 6.56. The van der Waals surface area contributed by atoms with Gasteiger partial charge in [-0.15, -0.1) is 0 Å². The lowest BCUT2D eigenvalue weighted by Gasteiger charge is -2.26. The first-order valence-corrected chi connectivity index (χ1v) is 9.28. The van der Waals surface area contributed by atoms with Crippen LogP contribution in [0.3, 0.4) is 0 Å². The van der Waals surface area contributed by atoms with Crippen molar-refractivity contribution in [1.82, 2.24) is 14.7 Å². The van der Waals surface area contributed by atoms with Gasteiger partial charge in [-0.3, -0.25) is 9.48 Å². The number of carbonyl (C=O) groups is 1. The van der Waals surface area contributed by atoms with Gasteiger partial charge in [0.2, 0.25) is 0 Å². The van der Waals surface area contributed by atoms with E-state index >= 15 is 0 Å². The maximum atomic E-state index is 12.4. The van der Waals surface area contributed by atoms with Crippen molar-refractivity contribution in [3.8, 4) is 16.9 Å². The molecule has 0 saturated carbocycles. The summed E-state index contributed by atoms with van der Waals surface area (Å²) in [5, 5.41) is 6.60. The molecule has 3 aromatic rings. The van der Waals surface area contributed by atoms with Gasteiger partial charge in [-0.25, -0.2) is 0 Å². The summed E-state index contributed by atoms with van der Waals surface area (Å²) >= 11 is 0. The number of hydrogen-bond acceptors (Lipinski definition) is 4. The van der Waals surface area contributed by atoms with Crippen LogP contribution < -0.4 is 4.74 Å². The first-order chi connectivity index (χ1) is 13.2. The van der Waals surface area contributed by atoms with Gasteiger partial charge in [-0.2, -0.15) is 5.10 Å². The second-order valence-corrected chi connectivity index (χ2v) is 6.56. The largest absolute Gasteiger partial charge is 0.484 e. The van der Waals surface area contributed by atoms with Gasteiger partial charge in [-0.05, 0) is 35.4 Å². The zero-order chi connectivity index (χ0) is 18.6. The van der Waals surface area contributed by atoms with Gasteiger partial charge in [0.1, 0.15) is 5.75 Å². The number of ether oxygens (including phenoxy) is 2. The molecule has 1 amide bonds. The molecule has 0 atom stereocenters. The molecule has 0 bridgehead atoms. The van der Waals surface area contributed by atoms with Crippen LogP contribution in [0, 0.1) is 0 Å². The normalized spacial score (nSPS) is 14.5. The number of aryl methyl sites for hydroxylation is 1. The number of morpholine rings is 1. The Labute approximate surface area is 158 Å². The smallest absolute Gasteiger partial charge is 0.260 e. The lowest BCUT2D eigenvalue weighted by molar-refractivity contribution is -0.137. The van der Waals surface area contributed by atoms with E-state index in [0.29, 0.717) is 32.1 Å². The van der Waals surface area contributed by atoms with E-state index in [1.165, 1.54) is 0 Å². The summed E-state index contributed by atoms with van der Waals surface area (Å²) in [5.74, 6) is 0.682. The quantitative estimate of drug-likeness (QED) is 0.698. The van der Waals surface area contributed by atoms with Crippen molar-refractivity contribution >= 4 is 16.7 Å². The van der Waals surface area contributed by atoms with Gasteiger partial charge in [0.25, 0.3) is 5.91 Å². The average molecular weight is 365 g/mol. The van der Waals surface area contributed by atoms with Gasteiger partial charge in [0, 0.05) is 31.4 Å². The number of carbonyl (C=O) groups excluding carboxylic acids is 1. The minimum Gasteiger partial charge on any atom is -0.484 e. The van der Waals surface area contributed by atoms with Gasteiger partial charge in [0.05, 0.1) is 19.4 Å². The molecule has 1 saturated heterocycles. The third-order valence-corrected chi connectivity index (χ3v) is 4.83. The standard InChI is InChI=1S/C21H23N3O3/c1-2-24-14-17(13-22-24)20-12-18(11-16-5-3-4-6-19(16)20)27-15-21(25)23-7-9-26-10-8-23/h3-6,11-14H,2,7-10,15H2,1H3. The molecule has 1 aliphatic rings. The monoisotopic (exact) mass is 365 g/mol. The Morgan fingerprint density at radius 1 is 1.22 bits per heavy atom. The molecule has 2 heterocycles. The third-order valence-electron chi connectivity index (χ3n) is 4.83. The van der Waals surface area contributed by atoms with E-state index in [4.69, 9.17) is 9.47 Å². The first kappa shape index (κ1) is 17.5. The van der Waals surface area contributed by atoms with E-state index in [2.05, 4.69) is 24.2 Å². The van der Waals surface area contributed by atoms with Crippen molar-refractivity contribution < 1.29 is 14.3 Å². The molecule has 6 nitrogen and oxygen atoms in total. The summed E-state index contributed by atoms with van der Waals surface area (Å²) in [6.07, 6.45) is 3.90. The summed E-state index contributed by atoms with van der Waals surface area (Å²) in [4.78, 5) is 14.2. The van der Waals surface area contributed by atoms with Crippen molar-refractivity contribution in [2.24, 2.45) is 0 Å². The Balaban J connectivity index is 1.60. The molecule has 4 rings (SSSR count). The number of fused-ring (bicyclic) bond motifs is 1. The Hall–Kier alpha value is -2.86. The predicted octanol–water partition coefficient (Wildman–Crippen LogP) is 2.96. The number of benzene rings is 2. The molecule has 0 radical (unpaired) electrons. The van der Waals surface area contributed by atoms with Crippen LogP contribution in [-0.2, 0) is 16.1 Å². The van der Waals surface area contributed by atoms with Crippen LogP contribution in [0.25, 0.3) is 21.9 Å². The summed E-state index contributed by atoms with van der Waals surface area (Å²) < 4.78 is 13.1. The second kappa shape index (κ2) is 7.80. The highest BCUT2D eigenvalue weighted by Gasteiger charge is 2.17. The third kappa shape index (κ3) is 3.80. The van der Waals surface area contributed by atoms with E-state index in [9.17, 15) is 4.79 Å². The summed E-state index contributed by atoms with van der Waals surface area (Å²) in [6, 6.07) is 12.2. The Bertz CT molecular complexity index is 945. The van der Waals surface area contributed by atoms with Crippen LogP contribution in [0.5, 0.6) is 5.75 Å². The van der Waals surface area contributed by atoms with E-state index in [1.54, 1.807) is 4.90 Å². The SMILES string of the molecule is CCn1cc(-c2cc(OCC(=O)N3CCOCC3)cc3ccccc23)cn1. The number of hydrogen-bond donors (Lipinski definition) is 0. The van der Waals surface area contributed by atoms with Crippen LogP contribution in [0.2, 0.25) is 0 Å². The highest BCUT2D eigenvalue weighted by atomic mass is 16.5. The molecular formula is C21H23N3O3. The highest BCUT2D eigenvalue weighted by Crippen LogP contribution is 2.33. The van der Waals surface area contributed by atoms with Gasteiger partial charge < -0.3 is 14.4 Å².